The van der Waals surface area contributed by atoms with E-state index in [-0.39, 0.29) is 5.91 Å². The van der Waals surface area contributed by atoms with Crippen LogP contribution >= 0.6 is 11.8 Å². The SMILES string of the molecule is COc1cc(SC)ccc1C(=O)Nc1ccccc1N1CCCC1. The number of carbonyl (C=O) groups excluding carboxylic acids is 1. The number of methoxy groups -OCH3 is 1. The van der Waals surface area contributed by atoms with E-state index in [2.05, 4.69) is 16.3 Å². The van der Waals surface area contributed by atoms with Gasteiger partial charge < -0.3 is 15.0 Å². The van der Waals surface area contributed by atoms with Crippen LogP contribution < -0.4 is 15.0 Å². The molecule has 1 fully saturated rings. The fraction of sp³-hybridized carbons (Fsp3) is 0.316. The van der Waals surface area contributed by atoms with E-state index in [1.165, 1.54) is 12.8 Å². The molecule has 0 unspecified atom stereocenters. The van der Waals surface area contributed by atoms with E-state index in [4.69, 9.17) is 4.74 Å². The molecule has 0 bridgehead atoms. The zero-order valence-electron chi connectivity index (χ0n) is 14.0. The lowest BCUT2D eigenvalue weighted by Crippen LogP contribution is -2.21. The summed E-state index contributed by atoms with van der Waals surface area (Å²) in [4.78, 5) is 16.1. The zero-order chi connectivity index (χ0) is 16.9. The van der Waals surface area contributed by atoms with Gasteiger partial charge >= 0.3 is 0 Å². The molecule has 0 radical (unpaired) electrons. The second-order valence-electron chi connectivity index (χ2n) is 5.73. The molecule has 0 saturated carbocycles. The van der Waals surface area contributed by atoms with Crippen molar-refractivity contribution in [1.29, 1.82) is 0 Å². The van der Waals surface area contributed by atoms with E-state index in [9.17, 15) is 4.79 Å². The highest BCUT2D eigenvalue weighted by Crippen LogP contribution is 2.30. The van der Waals surface area contributed by atoms with Crippen LogP contribution in [0.15, 0.2) is 47.4 Å². The number of nitrogens with zero attached hydrogens (tertiary/aromatic N) is 1. The number of para-hydroxylation sites is 2. The summed E-state index contributed by atoms with van der Waals surface area (Å²) in [5.74, 6) is 0.448. The lowest BCUT2D eigenvalue weighted by Gasteiger charge is -2.21. The second kappa shape index (κ2) is 7.62. The van der Waals surface area contributed by atoms with Crippen LogP contribution in [0.4, 0.5) is 11.4 Å². The highest BCUT2D eigenvalue weighted by atomic mass is 32.2. The molecule has 3 rings (SSSR count). The van der Waals surface area contributed by atoms with Crippen molar-refractivity contribution in [3.63, 3.8) is 0 Å². The van der Waals surface area contributed by atoms with Crippen LogP contribution in [-0.4, -0.2) is 32.4 Å². The Morgan fingerprint density at radius 1 is 1.17 bits per heavy atom. The molecule has 1 amide bonds. The Morgan fingerprint density at radius 2 is 1.92 bits per heavy atom. The summed E-state index contributed by atoms with van der Waals surface area (Å²) in [5.41, 5.74) is 2.48. The van der Waals surface area contributed by atoms with Crippen molar-refractivity contribution in [2.45, 2.75) is 17.7 Å². The number of ether oxygens (including phenoxy) is 1. The van der Waals surface area contributed by atoms with Gasteiger partial charge in [0.15, 0.2) is 0 Å². The molecule has 1 heterocycles. The molecular weight excluding hydrogens is 320 g/mol. The molecular formula is C19H22N2O2S. The van der Waals surface area contributed by atoms with Crippen molar-refractivity contribution in [3.8, 4) is 5.75 Å². The maximum Gasteiger partial charge on any atom is 0.259 e. The van der Waals surface area contributed by atoms with E-state index in [0.717, 1.165) is 29.4 Å². The Kier molecular flexibility index (Phi) is 5.30. The highest BCUT2D eigenvalue weighted by Gasteiger charge is 2.18. The number of rotatable bonds is 5. The molecule has 0 aromatic heterocycles. The summed E-state index contributed by atoms with van der Waals surface area (Å²) in [6.45, 7) is 2.08. The molecule has 1 N–H and O–H groups in total. The van der Waals surface area contributed by atoms with Crippen LogP contribution in [0.5, 0.6) is 5.75 Å². The predicted molar refractivity (Wildman–Crippen MR) is 101 cm³/mol. The smallest absolute Gasteiger partial charge is 0.259 e. The molecule has 0 atom stereocenters. The fourth-order valence-corrected chi connectivity index (χ4v) is 3.42. The minimum absolute atomic E-state index is 0.147. The van der Waals surface area contributed by atoms with Crippen molar-refractivity contribution in [2.24, 2.45) is 0 Å². The van der Waals surface area contributed by atoms with Gasteiger partial charge in [0.2, 0.25) is 0 Å². The van der Waals surface area contributed by atoms with Gasteiger partial charge in [-0.3, -0.25) is 4.79 Å². The molecule has 126 valence electrons. The number of nitrogens with one attached hydrogen (secondary N) is 1. The Balaban J connectivity index is 1.85. The van der Waals surface area contributed by atoms with Gasteiger partial charge in [-0.15, -0.1) is 11.8 Å². The van der Waals surface area contributed by atoms with Crippen LogP contribution in [0, 0.1) is 0 Å². The summed E-state index contributed by atoms with van der Waals surface area (Å²) < 4.78 is 5.39. The first-order valence-corrected chi connectivity index (χ1v) is 9.33. The van der Waals surface area contributed by atoms with Gasteiger partial charge in [-0.25, -0.2) is 0 Å². The Hall–Kier alpha value is -2.14. The number of anilines is 2. The first-order valence-electron chi connectivity index (χ1n) is 8.10. The Labute approximate surface area is 147 Å². The summed E-state index contributed by atoms with van der Waals surface area (Å²) in [6, 6.07) is 13.6. The molecule has 1 aliphatic heterocycles. The van der Waals surface area contributed by atoms with Gasteiger partial charge in [-0.05, 0) is 49.4 Å². The number of thioether (sulfide) groups is 1. The first-order chi connectivity index (χ1) is 11.7. The van der Waals surface area contributed by atoms with Crippen LogP contribution in [0.25, 0.3) is 0 Å². The standard InChI is InChI=1S/C19H22N2O2S/c1-23-18-13-14(24-2)9-10-15(18)19(22)20-16-7-3-4-8-17(16)21-11-5-6-12-21/h3-4,7-10,13H,5-6,11-12H2,1-2H3,(H,20,22). The molecule has 1 aliphatic rings. The van der Waals surface area contributed by atoms with Gasteiger partial charge in [0.05, 0.1) is 24.0 Å². The van der Waals surface area contributed by atoms with Crippen molar-refractivity contribution >= 4 is 29.0 Å². The van der Waals surface area contributed by atoms with E-state index in [1.807, 2.05) is 42.7 Å². The number of amides is 1. The van der Waals surface area contributed by atoms with Gasteiger partial charge in [0.25, 0.3) is 5.91 Å². The van der Waals surface area contributed by atoms with Crippen molar-refractivity contribution in [3.05, 3.63) is 48.0 Å². The number of hydrogen-bond acceptors (Lipinski definition) is 4. The highest BCUT2D eigenvalue weighted by molar-refractivity contribution is 7.98. The number of hydrogen-bond donors (Lipinski definition) is 1. The average molecular weight is 342 g/mol. The topological polar surface area (TPSA) is 41.6 Å². The molecule has 1 saturated heterocycles. The average Bonchev–Trinajstić information content (AvgIpc) is 3.16. The van der Waals surface area contributed by atoms with Crippen molar-refractivity contribution in [1.82, 2.24) is 0 Å². The van der Waals surface area contributed by atoms with E-state index >= 15 is 0 Å². The molecule has 0 spiro atoms. The fourth-order valence-electron chi connectivity index (χ4n) is 2.99. The molecule has 2 aromatic rings. The molecule has 2 aromatic carbocycles. The first kappa shape index (κ1) is 16.7. The Morgan fingerprint density at radius 3 is 2.62 bits per heavy atom. The molecule has 4 nitrogen and oxygen atoms in total. The monoisotopic (exact) mass is 342 g/mol. The molecule has 5 heteroatoms. The summed E-state index contributed by atoms with van der Waals surface area (Å²) in [5, 5.41) is 3.05. The van der Waals surface area contributed by atoms with Crippen molar-refractivity contribution < 1.29 is 9.53 Å². The lowest BCUT2D eigenvalue weighted by atomic mass is 10.1. The van der Waals surface area contributed by atoms with Crippen LogP contribution in [0.1, 0.15) is 23.2 Å². The van der Waals surface area contributed by atoms with Crippen LogP contribution in [0.2, 0.25) is 0 Å². The Bertz CT molecular complexity index is 727. The van der Waals surface area contributed by atoms with Crippen LogP contribution in [-0.2, 0) is 0 Å². The third kappa shape index (κ3) is 3.51. The van der Waals surface area contributed by atoms with Crippen molar-refractivity contribution in [2.75, 3.05) is 36.7 Å². The minimum Gasteiger partial charge on any atom is -0.496 e. The van der Waals surface area contributed by atoms with E-state index < -0.39 is 0 Å². The van der Waals surface area contributed by atoms with Gasteiger partial charge in [0, 0.05) is 18.0 Å². The lowest BCUT2D eigenvalue weighted by molar-refractivity contribution is 0.102. The largest absolute Gasteiger partial charge is 0.496 e. The summed E-state index contributed by atoms with van der Waals surface area (Å²) in [7, 11) is 1.59. The number of carbonyl (C=O) groups is 1. The number of benzene rings is 2. The van der Waals surface area contributed by atoms with E-state index in [0.29, 0.717) is 11.3 Å². The van der Waals surface area contributed by atoms with E-state index in [1.54, 1.807) is 18.9 Å². The molecule has 0 aliphatic carbocycles. The quantitative estimate of drug-likeness (QED) is 0.824. The van der Waals surface area contributed by atoms with Gasteiger partial charge in [-0.2, -0.15) is 0 Å². The third-order valence-corrected chi connectivity index (χ3v) is 4.98. The predicted octanol–water partition coefficient (Wildman–Crippen LogP) is 4.27. The summed E-state index contributed by atoms with van der Waals surface area (Å²) >= 11 is 1.62. The maximum absolute atomic E-state index is 12.7. The maximum atomic E-state index is 12.7. The van der Waals surface area contributed by atoms with Crippen LogP contribution in [0.3, 0.4) is 0 Å². The summed E-state index contributed by atoms with van der Waals surface area (Å²) in [6.07, 6.45) is 4.40. The third-order valence-electron chi connectivity index (χ3n) is 4.25. The van der Waals surface area contributed by atoms with Gasteiger partial charge in [0.1, 0.15) is 5.75 Å². The normalized spacial score (nSPS) is 13.8. The zero-order valence-corrected chi connectivity index (χ0v) is 14.9. The second-order valence-corrected chi connectivity index (χ2v) is 6.61. The van der Waals surface area contributed by atoms with Gasteiger partial charge in [-0.1, -0.05) is 12.1 Å². The minimum atomic E-state index is -0.147. The molecule has 24 heavy (non-hydrogen) atoms.